The fourth-order valence-electron chi connectivity index (χ4n) is 3.58. The lowest BCUT2D eigenvalue weighted by Crippen LogP contribution is -2.51. The van der Waals surface area contributed by atoms with Crippen molar-refractivity contribution in [2.24, 2.45) is 0 Å². The number of hydrogen-bond acceptors (Lipinski definition) is 3. The fourth-order valence-corrected chi connectivity index (χ4v) is 3.58. The highest BCUT2D eigenvalue weighted by Gasteiger charge is 2.25. The standard InChI is InChI=1S/C25H22FN3O3/c26-21-8-4-7-20(17-21)24(31)28-13-15-29(16-14-28)25(32)27-22-11-9-19(10-12-22)23(30)18-5-2-1-3-6-18/h1-12,17H,13-16H2,(H,27,32). The van der Waals surface area contributed by atoms with Crippen LogP contribution in [0.5, 0.6) is 0 Å². The van der Waals surface area contributed by atoms with E-state index in [4.69, 9.17) is 0 Å². The van der Waals surface area contributed by atoms with E-state index >= 15 is 0 Å². The maximum Gasteiger partial charge on any atom is 0.321 e. The lowest BCUT2D eigenvalue weighted by atomic mass is 10.0. The van der Waals surface area contributed by atoms with Crippen LogP contribution in [-0.2, 0) is 0 Å². The van der Waals surface area contributed by atoms with Gasteiger partial charge in [-0.05, 0) is 42.5 Å². The second-order valence-electron chi connectivity index (χ2n) is 7.49. The number of hydrogen-bond donors (Lipinski definition) is 1. The van der Waals surface area contributed by atoms with E-state index in [1.165, 1.54) is 18.2 Å². The van der Waals surface area contributed by atoms with Crippen LogP contribution >= 0.6 is 0 Å². The second kappa shape index (κ2) is 9.43. The molecule has 1 aliphatic rings. The topological polar surface area (TPSA) is 69.7 Å². The molecule has 0 unspecified atom stereocenters. The summed E-state index contributed by atoms with van der Waals surface area (Å²) >= 11 is 0. The number of carbonyl (C=O) groups excluding carboxylic acids is 3. The minimum Gasteiger partial charge on any atom is -0.335 e. The van der Waals surface area contributed by atoms with Crippen molar-refractivity contribution in [1.29, 1.82) is 0 Å². The Balaban J connectivity index is 1.31. The van der Waals surface area contributed by atoms with Gasteiger partial charge in [0.2, 0.25) is 0 Å². The number of urea groups is 1. The Morgan fingerprint density at radius 3 is 1.94 bits per heavy atom. The number of halogens is 1. The van der Waals surface area contributed by atoms with E-state index in [1.54, 1.807) is 52.3 Å². The number of amides is 3. The molecule has 1 saturated heterocycles. The number of nitrogens with one attached hydrogen (secondary N) is 1. The van der Waals surface area contributed by atoms with Crippen LogP contribution in [0.25, 0.3) is 0 Å². The van der Waals surface area contributed by atoms with Crippen LogP contribution in [0.15, 0.2) is 78.9 Å². The number of anilines is 1. The molecule has 7 heteroatoms. The Bertz CT molecular complexity index is 1120. The van der Waals surface area contributed by atoms with E-state index in [0.29, 0.717) is 48.6 Å². The van der Waals surface area contributed by atoms with Crippen molar-refractivity contribution in [3.63, 3.8) is 0 Å². The molecule has 6 nitrogen and oxygen atoms in total. The van der Waals surface area contributed by atoms with Crippen molar-refractivity contribution < 1.29 is 18.8 Å². The summed E-state index contributed by atoms with van der Waals surface area (Å²) in [7, 11) is 0. The molecule has 3 amide bonds. The number of rotatable bonds is 4. The third kappa shape index (κ3) is 4.83. The van der Waals surface area contributed by atoms with Gasteiger partial charge in [0.1, 0.15) is 5.82 Å². The van der Waals surface area contributed by atoms with E-state index in [1.807, 2.05) is 18.2 Å². The number of ketones is 1. The molecular weight excluding hydrogens is 409 g/mol. The number of piperazine rings is 1. The first-order chi connectivity index (χ1) is 15.5. The van der Waals surface area contributed by atoms with Crippen LogP contribution < -0.4 is 5.32 Å². The normalized spacial score (nSPS) is 13.5. The molecule has 32 heavy (non-hydrogen) atoms. The molecule has 1 heterocycles. The van der Waals surface area contributed by atoms with Crippen LogP contribution in [0.3, 0.4) is 0 Å². The molecule has 1 aliphatic heterocycles. The van der Waals surface area contributed by atoms with Gasteiger partial charge in [0.25, 0.3) is 5.91 Å². The second-order valence-corrected chi connectivity index (χ2v) is 7.49. The molecule has 0 aliphatic carbocycles. The van der Waals surface area contributed by atoms with Gasteiger partial charge in [0, 0.05) is 48.6 Å². The van der Waals surface area contributed by atoms with Gasteiger partial charge in [0.15, 0.2) is 5.78 Å². The van der Waals surface area contributed by atoms with Gasteiger partial charge in [0.05, 0.1) is 0 Å². The molecule has 0 radical (unpaired) electrons. The average Bonchev–Trinajstić information content (AvgIpc) is 2.84. The first kappa shape index (κ1) is 21.2. The van der Waals surface area contributed by atoms with Crippen molar-refractivity contribution in [3.05, 3.63) is 101 Å². The highest BCUT2D eigenvalue weighted by Crippen LogP contribution is 2.16. The van der Waals surface area contributed by atoms with Crippen LogP contribution in [0.1, 0.15) is 26.3 Å². The Kier molecular flexibility index (Phi) is 6.26. The van der Waals surface area contributed by atoms with Gasteiger partial charge >= 0.3 is 6.03 Å². The Morgan fingerprint density at radius 2 is 1.28 bits per heavy atom. The summed E-state index contributed by atoms with van der Waals surface area (Å²) in [5.41, 5.74) is 2.03. The molecule has 4 rings (SSSR count). The van der Waals surface area contributed by atoms with Crippen molar-refractivity contribution in [1.82, 2.24) is 9.80 Å². The van der Waals surface area contributed by atoms with Crippen LogP contribution in [0.4, 0.5) is 14.9 Å². The summed E-state index contributed by atoms with van der Waals surface area (Å²) in [5.74, 6) is -0.781. The van der Waals surface area contributed by atoms with Crippen molar-refractivity contribution in [3.8, 4) is 0 Å². The van der Waals surface area contributed by atoms with Crippen molar-refractivity contribution in [2.75, 3.05) is 31.5 Å². The van der Waals surface area contributed by atoms with E-state index in [-0.39, 0.29) is 17.7 Å². The molecule has 162 valence electrons. The van der Waals surface area contributed by atoms with Gasteiger partial charge in [-0.1, -0.05) is 36.4 Å². The molecule has 1 fully saturated rings. The van der Waals surface area contributed by atoms with Gasteiger partial charge in [-0.2, -0.15) is 0 Å². The number of benzene rings is 3. The molecule has 0 saturated carbocycles. The Morgan fingerprint density at radius 1 is 0.688 bits per heavy atom. The third-order valence-electron chi connectivity index (χ3n) is 5.36. The lowest BCUT2D eigenvalue weighted by Gasteiger charge is -2.34. The Hall–Kier alpha value is -4.00. The smallest absolute Gasteiger partial charge is 0.321 e. The van der Waals surface area contributed by atoms with Gasteiger partial charge in [-0.15, -0.1) is 0 Å². The predicted octanol–water partition coefficient (Wildman–Crippen LogP) is 4.05. The Labute approximate surface area is 185 Å². The number of carbonyl (C=O) groups is 3. The summed E-state index contributed by atoms with van der Waals surface area (Å²) in [5, 5.41) is 2.82. The summed E-state index contributed by atoms with van der Waals surface area (Å²) in [6.07, 6.45) is 0. The summed E-state index contributed by atoms with van der Waals surface area (Å²) < 4.78 is 13.4. The summed E-state index contributed by atoms with van der Waals surface area (Å²) in [4.78, 5) is 40.8. The lowest BCUT2D eigenvalue weighted by molar-refractivity contribution is 0.0671. The molecule has 1 N–H and O–H groups in total. The van der Waals surface area contributed by atoms with Gasteiger partial charge in [-0.25, -0.2) is 9.18 Å². The highest BCUT2D eigenvalue weighted by molar-refractivity contribution is 6.09. The maximum absolute atomic E-state index is 13.4. The quantitative estimate of drug-likeness (QED) is 0.634. The minimum atomic E-state index is -0.453. The van der Waals surface area contributed by atoms with Crippen LogP contribution in [0, 0.1) is 5.82 Å². The zero-order chi connectivity index (χ0) is 22.5. The van der Waals surface area contributed by atoms with Gasteiger partial charge < -0.3 is 15.1 Å². The van der Waals surface area contributed by atoms with Crippen LogP contribution in [-0.4, -0.2) is 53.7 Å². The molecule has 0 spiro atoms. The maximum atomic E-state index is 13.4. The van der Waals surface area contributed by atoms with Crippen molar-refractivity contribution >= 4 is 23.4 Å². The molecular formula is C25H22FN3O3. The van der Waals surface area contributed by atoms with E-state index in [2.05, 4.69) is 5.32 Å². The average molecular weight is 431 g/mol. The molecule has 0 aromatic heterocycles. The zero-order valence-electron chi connectivity index (χ0n) is 17.3. The fraction of sp³-hybridized carbons (Fsp3) is 0.160. The highest BCUT2D eigenvalue weighted by atomic mass is 19.1. The van der Waals surface area contributed by atoms with E-state index in [0.717, 1.165) is 0 Å². The molecule has 0 bridgehead atoms. The molecule has 0 atom stereocenters. The monoisotopic (exact) mass is 431 g/mol. The third-order valence-corrected chi connectivity index (χ3v) is 5.36. The summed E-state index contributed by atoms with van der Waals surface area (Å²) in [6.45, 7) is 1.48. The predicted molar refractivity (Wildman–Crippen MR) is 119 cm³/mol. The largest absolute Gasteiger partial charge is 0.335 e. The SMILES string of the molecule is O=C(c1ccccc1)c1ccc(NC(=O)N2CCN(C(=O)c3cccc(F)c3)CC2)cc1. The van der Waals surface area contributed by atoms with Gasteiger partial charge in [-0.3, -0.25) is 9.59 Å². The first-order valence-corrected chi connectivity index (χ1v) is 10.3. The van der Waals surface area contributed by atoms with E-state index < -0.39 is 5.82 Å². The minimum absolute atomic E-state index is 0.0810. The molecule has 3 aromatic carbocycles. The van der Waals surface area contributed by atoms with E-state index in [9.17, 15) is 18.8 Å². The number of nitrogens with zero attached hydrogens (tertiary/aromatic N) is 2. The van der Waals surface area contributed by atoms with Crippen molar-refractivity contribution in [2.45, 2.75) is 0 Å². The van der Waals surface area contributed by atoms with Crippen LogP contribution in [0.2, 0.25) is 0 Å². The summed E-state index contributed by atoms with van der Waals surface area (Å²) in [6, 6.07) is 21.1. The zero-order valence-corrected chi connectivity index (χ0v) is 17.3. The first-order valence-electron chi connectivity index (χ1n) is 10.3. The molecule has 3 aromatic rings.